The minimum absolute atomic E-state index is 0.0887. The van der Waals surface area contributed by atoms with Crippen molar-refractivity contribution in [3.63, 3.8) is 0 Å². The molecule has 27 heavy (non-hydrogen) atoms. The normalized spacial score (nSPS) is 12.6. The van der Waals surface area contributed by atoms with E-state index in [1.807, 2.05) is 6.07 Å². The van der Waals surface area contributed by atoms with E-state index in [2.05, 4.69) is 33.5 Å². The highest BCUT2D eigenvalue weighted by molar-refractivity contribution is 8.00. The van der Waals surface area contributed by atoms with Gasteiger partial charge in [0.15, 0.2) is 5.82 Å². The molecule has 1 aliphatic rings. The number of rotatable bonds is 5. The first-order chi connectivity index (χ1) is 13.2. The van der Waals surface area contributed by atoms with Gasteiger partial charge in [0.25, 0.3) is 0 Å². The molecule has 1 aliphatic carbocycles. The van der Waals surface area contributed by atoms with Crippen LogP contribution in [0.1, 0.15) is 17.5 Å². The van der Waals surface area contributed by atoms with E-state index in [0.717, 1.165) is 16.9 Å². The zero-order valence-corrected chi connectivity index (χ0v) is 15.5. The number of phenolic OH excluding ortho intramolecular Hbond substituents is 1. The molecule has 0 spiro atoms. The number of aromatic nitrogens is 2. The van der Waals surface area contributed by atoms with E-state index in [1.165, 1.54) is 35.7 Å². The van der Waals surface area contributed by atoms with E-state index in [1.54, 1.807) is 30.6 Å². The van der Waals surface area contributed by atoms with Gasteiger partial charge >= 0.3 is 0 Å². The van der Waals surface area contributed by atoms with Crippen LogP contribution < -0.4 is 5.32 Å². The summed E-state index contributed by atoms with van der Waals surface area (Å²) in [5.41, 5.74) is 4.13. The molecule has 0 radical (unpaired) electrons. The molecule has 0 fully saturated rings. The van der Waals surface area contributed by atoms with E-state index < -0.39 is 0 Å². The number of carbonyl (C=O) groups is 1. The van der Waals surface area contributed by atoms with E-state index in [0.29, 0.717) is 17.3 Å². The van der Waals surface area contributed by atoms with Crippen molar-refractivity contribution in [3.8, 4) is 17.1 Å². The maximum absolute atomic E-state index is 12.2. The van der Waals surface area contributed by atoms with E-state index in [9.17, 15) is 9.90 Å². The van der Waals surface area contributed by atoms with Crippen LogP contribution in [-0.4, -0.2) is 26.7 Å². The summed E-state index contributed by atoms with van der Waals surface area (Å²) in [6.07, 6.45) is 6.68. The van der Waals surface area contributed by atoms with Gasteiger partial charge in [-0.1, -0.05) is 18.2 Å². The lowest BCUT2D eigenvalue weighted by molar-refractivity contribution is -0.113. The molecule has 2 aromatic carbocycles. The van der Waals surface area contributed by atoms with Gasteiger partial charge in [-0.05, 0) is 54.7 Å². The highest BCUT2D eigenvalue weighted by atomic mass is 32.2. The molecular weight excluding hydrogens is 358 g/mol. The third-order valence-electron chi connectivity index (χ3n) is 4.48. The van der Waals surface area contributed by atoms with Crippen molar-refractivity contribution < 1.29 is 9.90 Å². The van der Waals surface area contributed by atoms with Crippen LogP contribution in [0, 0.1) is 0 Å². The summed E-state index contributed by atoms with van der Waals surface area (Å²) in [5.74, 6) is 0.912. The van der Waals surface area contributed by atoms with Gasteiger partial charge in [-0.2, -0.15) is 0 Å². The molecule has 4 rings (SSSR count). The highest BCUT2D eigenvalue weighted by Crippen LogP contribution is 2.27. The zero-order valence-electron chi connectivity index (χ0n) is 14.7. The second-order valence-corrected chi connectivity index (χ2v) is 7.52. The Hall–Kier alpha value is -2.86. The molecule has 136 valence electrons. The predicted molar refractivity (Wildman–Crippen MR) is 107 cm³/mol. The number of thioether (sulfide) groups is 1. The summed E-state index contributed by atoms with van der Waals surface area (Å²) in [7, 11) is 0. The number of fused-ring (bicyclic) bond motifs is 1. The predicted octanol–water partition coefficient (Wildman–Crippen LogP) is 4.07. The number of nitrogens with one attached hydrogen (secondary N) is 1. The van der Waals surface area contributed by atoms with Crippen molar-refractivity contribution >= 4 is 23.4 Å². The van der Waals surface area contributed by atoms with Gasteiger partial charge in [0, 0.05) is 10.5 Å². The molecule has 0 saturated carbocycles. The van der Waals surface area contributed by atoms with Gasteiger partial charge < -0.3 is 10.4 Å². The molecule has 3 aromatic rings. The molecule has 5 nitrogen and oxygen atoms in total. The van der Waals surface area contributed by atoms with E-state index in [4.69, 9.17) is 0 Å². The minimum atomic E-state index is -0.0887. The first kappa shape index (κ1) is 17.5. The maximum Gasteiger partial charge on any atom is 0.234 e. The minimum Gasteiger partial charge on any atom is -0.508 e. The molecule has 0 aliphatic heterocycles. The van der Waals surface area contributed by atoms with Gasteiger partial charge in [0.1, 0.15) is 5.75 Å². The number of hydrogen-bond donors (Lipinski definition) is 2. The molecular formula is C21H19N3O2S. The molecule has 1 heterocycles. The number of amides is 1. The largest absolute Gasteiger partial charge is 0.508 e. The molecule has 2 N–H and O–H groups in total. The summed E-state index contributed by atoms with van der Waals surface area (Å²) in [6.45, 7) is 0. The van der Waals surface area contributed by atoms with Crippen LogP contribution in [-0.2, 0) is 17.6 Å². The van der Waals surface area contributed by atoms with Crippen LogP contribution in [0.25, 0.3) is 11.4 Å². The van der Waals surface area contributed by atoms with Crippen molar-refractivity contribution in [1.82, 2.24) is 9.97 Å². The van der Waals surface area contributed by atoms with Gasteiger partial charge in [-0.3, -0.25) is 4.79 Å². The Labute approximate surface area is 161 Å². The van der Waals surface area contributed by atoms with Crippen LogP contribution in [0.2, 0.25) is 0 Å². The number of benzene rings is 2. The van der Waals surface area contributed by atoms with E-state index >= 15 is 0 Å². The Morgan fingerprint density at radius 1 is 1.07 bits per heavy atom. The van der Waals surface area contributed by atoms with Gasteiger partial charge in [0.05, 0.1) is 23.8 Å². The number of phenols is 1. The lowest BCUT2D eigenvalue weighted by Crippen LogP contribution is -2.14. The number of anilines is 1. The molecule has 0 bridgehead atoms. The Morgan fingerprint density at radius 3 is 2.70 bits per heavy atom. The number of hydrogen-bond acceptors (Lipinski definition) is 5. The van der Waals surface area contributed by atoms with Crippen molar-refractivity contribution in [2.75, 3.05) is 11.1 Å². The third-order valence-corrected chi connectivity index (χ3v) is 5.47. The number of nitrogens with zero attached hydrogens (tertiary/aromatic N) is 2. The molecule has 6 heteroatoms. The van der Waals surface area contributed by atoms with Gasteiger partial charge in [-0.15, -0.1) is 11.8 Å². The standard InChI is InChI=1S/C21H19N3O2S/c25-18-6-2-5-16(9-18)21-22-11-17(12-23-21)24-20(26)13-27-19-8-7-14-3-1-4-15(14)10-19/h2,5-12,25H,1,3-4,13H2,(H,24,26). The average molecular weight is 377 g/mol. The summed E-state index contributed by atoms with van der Waals surface area (Å²) in [6, 6.07) is 13.2. The van der Waals surface area contributed by atoms with Crippen molar-refractivity contribution in [2.24, 2.45) is 0 Å². The second-order valence-electron chi connectivity index (χ2n) is 6.47. The Kier molecular flexibility index (Phi) is 5.07. The smallest absolute Gasteiger partial charge is 0.234 e. The Bertz CT molecular complexity index is 973. The quantitative estimate of drug-likeness (QED) is 0.656. The topological polar surface area (TPSA) is 75.1 Å². The SMILES string of the molecule is O=C(CSc1ccc2c(c1)CCC2)Nc1cnc(-c2cccc(O)c2)nc1. The van der Waals surface area contributed by atoms with E-state index in [-0.39, 0.29) is 11.7 Å². The summed E-state index contributed by atoms with van der Waals surface area (Å²) >= 11 is 1.53. The lowest BCUT2D eigenvalue weighted by atomic mass is 10.1. The number of carbonyl (C=O) groups excluding carboxylic acids is 1. The molecule has 0 unspecified atom stereocenters. The highest BCUT2D eigenvalue weighted by Gasteiger charge is 2.12. The first-order valence-electron chi connectivity index (χ1n) is 8.83. The van der Waals surface area contributed by atoms with Crippen LogP contribution >= 0.6 is 11.8 Å². The first-order valence-corrected chi connectivity index (χ1v) is 9.82. The maximum atomic E-state index is 12.2. The van der Waals surface area contributed by atoms with Crippen LogP contribution in [0.5, 0.6) is 5.75 Å². The number of aromatic hydroxyl groups is 1. The zero-order chi connectivity index (χ0) is 18.6. The van der Waals surface area contributed by atoms with Crippen LogP contribution in [0.4, 0.5) is 5.69 Å². The summed E-state index contributed by atoms with van der Waals surface area (Å²) in [4.78, 5) is 21.8. The molecule has 1 amide bonds. The molecule has 0 saturated heterocycles. The van der Waals surface area contributed by atoms with Crippen molar-refractivity contribution in [2.45, 2.75) is 24.2 Å². The van der Waals surface area contributed by atoms with Crippen LogP contribution in [0.3, 0.4) is 0 Å². The fourth-order valence-corrected chi connectivity index (χ4v) is 3.93. The fourth-order valence-electron chi connectivity index (χ4n) is 3.17. The average Bonchev–Trinajstić information content (AvgIpc) is 3.15. The lowest BCUT2D eigenvalue weighted by Gasteiger charge is -2.07. The monoisotopic (exact) mass is 377 g/mol. The van der Waals surface area contributed by atoms with Crippen molar-refractivity contribution in [1.29, 1.82) is 0 Å². The van der Waals surface area contributed by atoms with Gasteiger partial charge in [0.2, 0.25) is 5.91 Å². The number of aryl methyl sites for hydroxylation is 2. The van der Waals surface area contributed by atoms with Crippen LogP contribution in [0.15, 0.2) is 59.8 Å². The molecule has 1 aromatic heterocycles. The fraction of sp³-hybridized carbons (Fsp3) is 0.190. The second kappa shape index (κ2) is 7.80. The molecule has 0 atom stereocenters. The van der Waals surface area contributed by atoms with Crippen molar-refractivity contribution in [3.05, 3.63) is 66.0 Å². The summed E-state index contributed by atoms with van der Waals surface area (Å²) in [5, 5.41) is 12.4. The van der Waals surface area contributed by atoms with Gasteiger partial charge in [-0.25, -0.2) is 9.97 Å². The Balaban J connectivity index is 1.34. The summed E-state index contributed by atoms with van der Waals surface area (Å²) < 4.78 is 0. The Morgan fingerprint density at radius 2 is 1.89 bits per heavy atom. The third kappa shape index (κ3) is 4.28.